The summed E-state index contributed by atoms with van der Waals surface area (Å²) in [7, 11) is 2.17. The minimum absolute atomic E-state index is 0.0548. The summed E-state index contributed by atoms with van der Waals surface area (Å²) in [6, 6.07) is 13.3. The zero-order chi connectivity index (χ0) is 20.7. The van der Waals surface area contributed by atoms with Crippen molar-refractivity contribution in [1.82, 2.24) is 4.90 Å². The summed E-state index contributed by atoms with van der Waals surface area (Å²) in [5.41, 5.74) is 8.13. The molecule has 158 valence electrons. The highest BCUT2D eigenvalue weighted by Gasteiger charge is 2.44. The van der Waals surface area contributed by atoms with Gasteiger partial charge in [-0.1, -0.05) is 30.3 Å². The normalized spacial score (nSPS) is 20.2. The van der Waals surface area contributed by atoms with Crippen molar-refractivity contribution in [3.63, 3.8) is 0 Å². The van der Waals surface area contributed by atoms with Crippen LogP contribution in [-0.4, -0.2) is 37.3 Å². The first-order chi connectivity index (χ1) is 14.5. The Labute approximate surface area is 189 Å². The standard InChI is InChI=1S/C25H30ClN3S/c1-18-25(22-17-21(26)6-7-23(22)27-18)10-13-29(14-11-25)12-3-4-19-5-8-24-20(16-19)9-15-30-28(24)2/h5-8,16-17,27H,1,3-4,9-15H2,2H3. The fourth-order valence-corrected chi connectivity index (χ4v) is 6.44. The maximum atomic E-state index is 6.31. The van der Waals surface area contributed by atoms with E-state index in [0.717, 1.165) is 36.7 Å². The van der Waals surface area contributed by atoms with Crippen molar-refractivity contribution in [2.45, 2.75) is 37.5 Å². The number of nitrogens with zero attached hydrogens (tertiary/aromatic N) is 2. The number of halogens is 1. The molecule has 1 saturated heterocycles. The van der Waals surface area contributed by atoms with Gasteiger partial charge < -0.3 is 14.5 Å². The lowest BCUT2D eigenvalue weighted by molar-refractivity contribution is 0.179. The van der Waals surface area contributed by atoms with E-state index in [2.05, 4.69) is 58.5 Å². The predicted octanol–water partition coefficient (Wildman–Crippen LogP) is 5.89. The minimum Gasteiger partial charge on any atom is -0.358 e. The van der Waals surface area contributed by atoms with Crippen LogP contribution in [0, 0.1) is 0 Å². The Balaban J connectivity index is 1.17. The number of nitrogens with one attached hydrogen (secondary N) is 1. The summed E-state index contributed by atoms with van der Waals surface area (Å²) in [5.74, 6) is 1.19. The van der Waals surface area contributed by atoms with Gasteiger partial charge in [0.25, 0.3) is 0 Å². The summed E-state index contributed by atoms with van der Waals surface area (Å²) in [6.07, 6.45) is 5.82. The van der Waals surface area contributed by atoms with Crippen LogP contribution in [0.25, 0.3) is 0 Å². The molecular weight excluding hydrogens is 410 g/mol. The maximum Gasteiger partial charge on any atom is 0.0499 e. The molecule has 0 atom stereocenters. The summed E-state index contributed by atoms with van der Waals surface area (Å²) < 4.78 is 2.31. The van der Waals surface area contributed by atoms with E-state index in [1.165, 1.54) is 59.6 Å². The van der Waals surface area contributed by atoms with Crippen LogP contribution in [0.5, 0.6) is 0 Å². The maximum absolute atomic E-state index is 6.31. The molecule has 0 radical (unpaired) electrons. The molecule has 3 heterocycles. The van der Waals surface area contributed by atoms with Crippen LogP contribution in [-0.2, 0) is 18.3 Å². The fraction of sp³-hybridized carbons (Fsp3) is 0.440. The van der Waals surface area contributed by atoms with Gasteiger partial charge in [-0.3, -0.25) is 0 Å². The first-order valence-corrected chi connectivity index (χ1v) is 12.3. The van der Waals surface area contributed by atoms with Crippen molar-refractivity contribution in [2.75, 3.05) is 42.1 Å². The first kappa shape index (κ1) is 20.3. The SMILES string of the molecule is C=C1Nc2ccc(Cl)cc2C12CCN(CCCc1ccc3c(c1)CCSN3C)CC2. The number of rotatable bonds is 4. The number of aryl methyl sites for hydroxylation is 2. The quantitative estimate of drug-likeness (QED) is 0.598. The molecule has 1 fully saturated rings. The van der Waals surface area contributed by atoms with Gasteiger partial charge in [-0.15, -0.1) is 0 Å². The monoisotopic (exact) mass is 439 g/mol. The van der Waals surface area contributed by atoms with Gasteiger partial charge >= 0.3 is 0 Å². The molecule has 1 spiro atoms. The summed E-state index contributed by atoms with van der Waals surface area (Å²) >= 11 is 8.23. The van der Waals surface area contributed by atoms with Crippen molar-refractivity contribution in [3.05, 3.63) is 70.4 Å². The summed E-state index contributed by atoms with van der Waals surface area (Å²) in [5, 5.41) is 4.34. The lowest BCUT2D eigenvalue weighted by atomic mass is 9.72. The Hall–Kier alpha value is -1.62. The second-order valence-corrected chi connectivity index (χ2v) is 10.5. The van der Waals surface area contributed by atoms with Gasteiger partial charge in [0.05, 0.1) is 0 Å². The molecule has 2 aromatic carbocycles. The smallest absolute Gasteiger partial charge is 0.0499 e. The molecule has 0 amide bonds. The minimum atomic E-state index is 0.0548. The molecule has 3 nitrogen and oxygen atoms in total. The molecule has 30 heavy (non-hydrogen) atoms. The molecule has 0 unspecified atom stereocenters. The third-order valence-corrected chi connectivity index (χ3v) is 8.36. The second-order valence-electron chi connectivity index (χ2n) is 8.86. The average Bonchev–Trinajstić information content (AvgIpc) is 3.01. The number of anilines is 2. The number of hydrogen-bond acceptors (Lipinski definition) is 4. The van der Waals surface area contributed by atoms with Crippen LogP contribution in [0.15, 0.2) is 48.7 Å². The highest BCUT2D eigenvalue weighted by atomic mass is 35.5. The first-order valence-electron chi connectivity index (χ1n) is 11.0. The van der Waals surface area contributed by atoms with Crippen LogP contribution in [0.4, 0.5) is 11.4 Å². The zero-order valence-corrected chi connectivity index (χ0v) is 19.3. The molecule has 0 aromatic heterocycles. The van der Waals surface area contributed by atoms with Gasteiger partial charge in [0.1, 0.15) is 0 Å². The molecule has 3 aliphatic heterocycles. The zero-order valence-electron chi connectivity index (χ0n) is 17.7. The van der Waals surface area contributed by atoms with Crippen LogP contribution >= 0.6 is 23.5 Å². The Kier molecular flexibility index (Phi) is 5.51. The number of likely N-dealkylation sites (tertiary alicyclic amines) is 1. The summed E-state index contributed by atoms with van der Waals surface area (Å²) in [6.45, 7) is 7.78. The molecular formula is C25H30ClN3S. The van der Waals surface area contributed by atoms with Crippen molar-refractivity contribution >= 4 is 34.9 Å². The van der Waals surface area contributed by atoms with Gasteiger partial charge in [0.15, 0.2) is 0 Å². The third-order valence-electron chi connectivity index (χ3n) is 7.15. The molecule has 5 heteroatoms. The van der Waals surface area contributed by atoms with Crippen LogP contribution < -0.4 is 9.62 Å². The van der Waals surface area contributed by atoms with Gasteiger partial charge in [0, 0.05) is 40.3 Å². The lowest BCUT2D eigenvalue weighted by Crippen LogP contribution is -2.43. The molecule has 1 N–H and O–H groups in total. The van der Waals surface area contributed by atoms with E-state index in [0.29, 0.717) is 0 Å². The van der Waals surface area contributed by atoms with Crippen LogP contribution in [0.1, 0.15) is 36.0 Å². The van der Waals surface area contributed by atoms with E-state index in [-0.39, 0.29) is 5.41 Å². The number of fused-ring (bicyclic) bond motifs is 3. The Morgan fingerprint density at radius 3 is 2.83 bits per heavy atom. The van der Waals surface area contributed by atoms with Crippen LogP contribution in [0.2, 0.25) is 5.02 Å². The van der Waals surface area contributed by atoms with E-state index >= 15 is 0 Å². The van der Waals surface area contributed by atoms with Gasteiger partial charge in [-0.05, 0) is 105 Å². The Morgan fingerprint density at radius 1 is 1.17 bits per heavy atom. The number of hydrogen-bond donors (Lipinski definition) is 1. The van der Waals surface area contributed by atoms with Gasteiger partial charge in [-0.25, -0.2) is 0 Å². The summed E-state index contributed by atoms with van der Waals surface area (Å²) in [4.78, 5) is 2.63. The molecule has 3 aliphatic rings. The topological polar surface area (TPSA) is 18.5 Å². The Morgan fingerprint density at radius 2 is 2.00 bits per heavy atom. The average molecular weight is 440 g/mol. The molecule has 0 saturated carbocycles. The number of piperidine rings is 1. The van der Waals surface area contributed by atoms with E-state index in [4.69, 9.17) is 11.6 Å². The van der Waals surface area contributed by atoms with Crippen molar-refractivity contribution in [1.29, 1.82) is 0 Å². The van der Waals surface area contributed by atoms with E-state index in [1.807, 2.05) is 18.0 Å². The van der Waals surface area contributed by atoms with Gasteiger partial charge in [0.2, 0.25) is 0 Å². The van der Waals surface area contributed by atoms with E-state index < -0.39 is 0 Å². The van der Waals surface area contributed by atoms with E-state index in [9.17, 15) is 0 Å². The predicted molar refractivity (Wildman–Crippen MR) is 131 cm³/mol. The largest absolute Gasteiger partial charge is 0.358 e. The number of allylic oxidation sites excluding steroid dienone is 1. The van der Waals surface area contributed by atoms with Crippen molar-refractivity contribution in [2.24, 2.45) is 0 Å². The van der Waals surface area contributed by atoms with Crippen molar-refractivity contribution in [3.8, 4) is 0 Å². The lowest BCUT2D eigenvalue weighted by Gasteiger charge is -2.40. The Bertz CT molecular complexity index is 965. The fourth-order valence-electron chi connectivity index (χ4n) is 5.37. The molecule has 2 aromatic rings. The van der Waals surface area contributed by atoms with Crippen LogP contribution in [0.3, 0.4) is 0 Å². The third kappa shape index (κ3) is 3.63. The van der Waals surface area contributed by atoms with Gasteiger partial charge in [-0.2, -0.15) is 0 Å². The van der Waals surface area contributed by atoms with E-state index in [1.54, 1.807) is 0 Å². The molecule has 5 rings (SSSR count). The highest BCUT2D eigenvalue weighted by Crippen LogP contribution is 2.50. The highest BCUT2D eigenvalue weighted by molar-refractivity contribution is 8.00. The molecule has 0 bridgehead atoms. The second kappa shape index (κ2) is 8.14. The van der Waals surface area contributed by atoms with Crippen molar-refractivity contribution < 1.29 is 0 Å². The number of benzene rings is 2. The molecule has 0 aliphatic carbocycles.